The van der Waals surface area contributed by atoms with Gasteiger partial charge in [0, 0.05) is 6.54 Å². The molecule has 3 nitrogen and oxygen atoms in total. The van der Waals surface area contributed by atoms with E-state index >= 15 is 0 Å². The number of rotatable bonds is 2. The normalized spacial score (nSPS) is 24.1. The van der Waals surface area contributed by atoms with Crippen molar-refractivity contribution in [2.24, 2.45) is 5.41 Å². The highest BCUT2D eigenvalue weighted by Crippen LogP contribution is 2.44. The number of carbonyl (C=O) groups is 2. The van der Waals surface area contributed by atoms with Crippen LogP contribution in [0.5, 0.6) is 0 Å². The zero-order valence-electron chi connectivity index (χ0n) is 10.5. The smallest absolute Gasteiger partial charge is 0.242 e. The molecule has 94 valence electrons. The fraction of sp³-hybridized carbons (Fsp3) is 0.692. The van der Waals surface area contributed by atoms with Crippen LogP contribution in [0, 0.1) is 5.41 Å². The third-order valence-corrected chi connectivity index (χ3v) is 5.04. The Bertz CT molecular complexity index is 372. The largest absolute Gasteiger partial charge is 0.306 e. The molecular weight excluding hydrogens is 234 g/mol. The van der Waals surface area contributed by atoms with Crippen LogP contribution in [0.4, 0.5) is 0 Å². The van der Waals surface area contributed by atoms with Gasteiger partial charge in [-0.1, -0.05) is 19.9 Å². The van der Waals surface area contributed by atoms with E-state index in [0.717, 1.165) is 30.8 Å². The van der Waals surface area contributed by atoms with E-state index < -0.39 is 5.41 Å². The molecule has 1 amide bonds. The summed E-state index contributed by atoms with van der Waals surface area (Å²) in [5.41, 5.74) is -0.771. The van der Waals surface area contributed by atoms with Crippen LogP contribution in [-0.2, 0) is 9.59 Å². The predicted octanol–water partition coefficient (Wildman–Crippen LogP) is 2.92. The molecule has 0 aromatic carbocycles. The molecule has 17 heavy (non-hydrogen) atoms. The van der Waals surface area contributed by atoms with Gasteiger partial charge in [-0.15, -0.1) is 0 Å². The number of allylic oxidation sites excluding steroid dienone is 1. The lowest BCUT2D eigenvalue weighted by Gasteiger charge is -2.39. The highest BCUT2D eigenvalue weighted by molar-refractivity contribution is 8.17. The Morgan fingerprint density at radius 1 is 1.29 bits per heavy atom. The topological polar surface area (TPSA) is 37.4 Å². The van der Waals surface area contributed by atoms with E-state index in [1.807, 2.05) is 24.8 Å². The van der Waals surface area contributed by atoms with Gasteiger partial charge in [-0.2, -0.15) is 0 Å². The van der Waals surface area contributed by atoms with Gasteiger partial charge in [-0.3, -0.25) is 9.59 Å². The van der Waals surface area contributed by atoms with Crippen molar-refractivity contribution in [3.63, 3.8) is 0 Å². The summed E-state index contributed by atoms with van der Waals surface area (Å²) >= 11 is 1.27. The standard InChI is InChI=1S/C13H19NO2S/c1-3-13(4-2)11(15)14-9-7-5-6-8-10(14)17-12(13)16/h8H,3-7,9H2,1-2H3. The lowest BCUT2D eigenvalue weighted by atomic mass is 9.82. The molecule has 0 aromatic heterocycles. The first-order chi connectivity index (χ1) is 8.15. The summed E-state index contributed by atoms with van der Waals surface area (Å²) in [5, 5.41) is 0.909. The minimum absolute atomic E-state index is 0.0272. The first kappa shape index (κ1) is 12.7. The monoisotopic (exact) mass is 253 g/mol. The highest BCUT2D eigenvalue weighted by Gasteiger charge is 2.50. The summed E-state index contributed by atoms with van der Waals surface area (Å²) in [6, 6.07) is 0. The lowest BCUT2D eigenvalue weighted by Crippen LogP contribution is -2.50. The molecule has 0 atom stereocenters. The molecule has 1 saturated heterocycles. The average molecular weight is 253 g/mol. The van der Waals surface area contributed by atoms with Crippen LogP contribution < -0.4 is 0 Å². The van der Waals surface area contributed by atoms with Crippen molar-refractivity contribution in [1.82, 2.24) is 4.90 Å². The molecule has 0 N–H and O–H groups in total. The average Bonchev–Trinajstić information content (AvgIpc) is 2.56. The van der Waals surface area contributed by atoms with Gasteiger partial charge < -0.3 is 4.90 Å². The van der Waals surface area contributed by atoms with E-state index in [-0.39, 0.29) is 11.0 Å². The third kappa shape index (κ3) is 1.92. The maximum Gasteiger partial charge on any atom is 0.242 e. The second-order valence-electron chi connectivity index (χ2n) is 4.67. The van der Waals surface area contributed by atoms with Crippen molar-refractivity contribution in [1.29, 1.82) is 0 Å². The summed E-state index contributed by atoms with van der Waals surface area (Å²) in [6.07, 6.45) is 6.38. The van der Waals surface area contributed by atoms with Crippen LogP contribution in [0.1, 0.15) is 46.0 Å². The van der Waals surface area contributed by atoms with Gasteiger partial charge in [0.25, 0.3) is 0 Å². The van der Waals surface area contributed by atoms with Gasteiger partial charge in [0.05, 0.1) is 5.03 Å². The van der Waals surface area contributed by atoms with E-state index in [1.54, 1.807) is 0 Å². The van der Waals surface area contributed by atoms with Crippen LogP contribution in [0.25, 0.3) is 0 Å². The second-order valence-corrected chi connectivity index (χ2v) is 5.67. The molecule has 0 bridgehead atoms. The zero-order valence-corrected chi connectivity index (χ0v) is 11.3. The first-order valence-electron chi connectivity index (χ1n) is 6.40. The van der Waals surface area contributed by atoms with Gasteiger partial charge in [-0.05, 0) is 43.9 Å². The van der Waals surface area contributed by atoms with Gasteiger partial charge in [0.15, 0.2) is 0 Å². The van der Waals surface area contributed by atoms with E-state index in [0.29, 0.717) is 12.8 Å². The lowest BCUT2D eigenvalue weighted by molar-refractivity contribution is -0.146. The van der Waals surface area contributed by atoms with E-state index in [2.05, 4.69) is 0 Å². The van der Waals surface area contributed by atoms with Gasteiger partial charge >= 0.3 is 0 Å². The zero-order chi connectivity index (χ0) is 12.5. The molecule has 0 unspecified atom stereocenters. The Morgan fingerprint density at radius 3 is 2.65 bits per heavy atom. The fourth-order valence-electron chi connectivity index (χ4n) is 2.54. The van der Waals surface area contributed by atoms with Crippen molar-refractivity contribution >= 4 is 22.8 Å². The number of thioether (sulfide) groups is 1. The Labute approximate surface area is 107 Å². The number of nitrogens with zero attached hydrogens (tertiary/aromatic N) is 1. The molecule has 0 aromatic rings. The van der Waals surface area contributed by atoms with Crippen LogP contribution in [-0.4, -0.2) is 22.5 Å². The van der Waals surface area contributed by atoms with Crippen molar-refractivity contribution < 1.29 is 9.59 Å². The van der Waals surface area contributed by atoms with Gasteiger partial charge in [-0.25, -0.2) is 0 Å². The van der Waals surface area contributed by atoms with Crippen molar-refractivity contribution in [3.05, 3.63) is 11.1 Å². The van der Waals surface area contributed by atoms with Crippen LogP contribution in [0.2, 0.25) is 0 Å². The van der Waals surface area contributed by atoms with Crippen LogP contribution >= 0.6 is 11.8 Å². The quantitative estimate of drug-likeness (QED) is 0.710. The second kappa shape index (κ2) is 4.84. The molecule has 2 aliphatic heterocycles. The third-order valence-electron chi connectivity index (χ3n) is 3.87. The van der Waals surface area contributed by atoms with Crippen molar-refractivity contribution in [2.45, 2.75) is 46.0 Å². The molecular formula is C13H19NO2S. The summed E-state index contributed by atoms with van der Waals surface area (Å²) in [6.45, 7) is 4.64. The maximum absolute atomic E-state index is 12.6. The Kier molecular flexibility index (Phi) is 3.61. The highest BCUT2D eigenvalue weighted by atomic mass is 32.2. The van der Waals surface area contributed by atoms with Crippen LogP contribution in [0.15, 0.2) is 11.1 Å². The summed E-state index contributed by atoms with van der Waals surface area (Å²) in [5.74, 6) is 0.0272. The van der Waals surface area contributed by atoms with E-state index in [1.165, 1.54) is 11.8 Å². The van der Waals surface area contributed by atoms with Gasteiger partial charge in [0.2, 0.25) is 11.0 Å². The van der Waals surface area contributed by atoms with Crippen molar-refractivity contribution in [2.75, 3.05) is 6.54 Å². The minimum Gasteiger partial charge on any atom is -0.306 e. The number of amides is 1. The SMILES string of the molecule is CCC1(CC)C(=O)SC2=CCCCCN2C1=O. The molecule has 0 saturated carbocycles. The Morgan fingerprint density at radius 2 is 2.00 bits per heavy atom. The molecule has 0 aliphatic carbocycles. The molecule has 2 rings (SSSR count). The molecule has 2 heterocycles. The number of hydrogen-bond donors (Lipinski definition) is 0. The van der Waals surface area contributed by atoms with Crippen LogP contribution in [0.3, 0.4) is 0 Å². The maximum atomic E-state index is 12.6. The Balaban J connectivity index is 2.37. The molecule has 2 aliphatic rings. The molecule has 0 spiro atoms. The first-order valence-corrected chi connectivity index (χ1v) is 7.21. The number of hydrogen-bond acceptors (Lipinski definition) is 3. The summed E-state index contributed by atoms with van der Waals surface area (Å²) in [7, 11) is 0. The van der Waals surface area contributed by atoms with E-state index in [9.17, 15) is 9.59 Å². The number of carbonyl (C=O) groups excluding carboxylic acids is 2. The summed E-state index contributed by atoms with van der Waals surface area (Å²) in [4.78, 5) is 26.6. The minimum atomic E-state index is -0.771. The van der Waals surface area contributed by atoms with Crippen molar-refractivity contribution in [3.8, 4) is 0 Å². The summed E-state index contributed by atoms with van der Waals surface area (Å²) < 4.78 is 0. The molecule has 1 fully saturated rings. The van der Waals surface area contributed by atoms with E-state index in [4.69, 9.17) is 0 Å². The van der Waals surface area contributed by atoms with Gasteiger partial charge in [0.1, 0.15) is 5.41 Å². The Hall–Kier alpha value is -0.770. The predicted molar refractivity (Wildman–Crippen MR) is 69.3 cm³/mol. The molecule has 0 radical (unpaired) electrons. The molecule has 4 heteroatoms. The number of fused-ring (bicyclic) bond motifs is 1. The fourth-order valence-corrected chi connectivity index (χ4v) is 3.78.